The van der Waals surface area contributed by atoms with Gasteiger partial charge in [0.2, 0.25) is 0 Å². The molecule has 8 heteroatoms. The van der Waals surface area contributed by atoms with E-state index in [2.05, 4.69) is 10.1 Å². The van der Waals surface area contributed by atoms with Crippen molar-refractivity contribution >= 4 is 28.4 Å². The average molecular weight is 389 g/mol. The molecule has 1 amide bonds. The van der Waals surface area contributed by atoms with Gasteiger partial charge in [0, 0.05) is 30.8 Å². The van der Waals surface area contributed by atoms with E-state index in [0.29, 0.717) is 22.9 Å². The fraction of sp³-hybridized carbons (Fsp3) is 0.316. The van der Waals surface area contributed by atoms with Gasteiger partial charge in [-0.25, -0.2) is 9.75 Å². The quantitative estimate of drug-likeness (QED) is 0.578. The Bertz CT molecular complexity index is 957. The number of benzene rings is 1. The Labute approximate surface area is 162 Å². The number of ether oxygens (including phenoxy) is 1. The molecule has 2 aromatic heterocycles. The van der Waals surface area contributed by atoms with Crippen LogP contribution in [0.5, 0.6) is 0 Å². The van der Waals surface area contributed by atoms with Crippen LogP contribution in [0.25, 0.3) is 16.6 Å². The summed E-state index contributed by atoms with van der Waals surface area (Å²) in [5.74, 6) is -0.275. The highest BCUT2D eigenvalue weighted by Crippen LogP contribution is 2.26. The number of fused-ring (bicyclic) bond motifs is 1. The molecule has 0 unspecified atom stereocenters. The van der Waals surface area contributed by atoms with Gasteiger partial charge in [-0.2, -0.15) is 5.10 Å². The molecule has 0 aliphatic rings. The summed E-state index contributed by atoms with van der Waals surface area (Å²) in [7, 11) is 3.17. The van der Waals surface area contributed by atoms with Crippen molar-refractivity contribution in [1.29, 1.82) is 0 Å². The van der Waals surface area contributed by atoms with Crippen molar-refractivity contribution in [3.8, 4) is 5.69 Å². The number of pyridine rings is 1. The fourth-order valence-corrected chi connectivity index (χ4v) is 2.95. The normalized spacial score (nSPS) is 11.1. The fourth-order valence-electron chi connectivity index (χ4n) is 2.78. The maximum absolute atomic E-state index is 12.8. The van der Waals surface area contributed by atoms with Crippen LogP contribution in [0.2, 0.25) is 5.02 Å². The van der Waals surface area contributed by atoms with Crippen LogP contribution in [0.1, 0.15) is 29.4 Å². The van der Waals surface area contributed by atoms with Gasteiger partial charge >= 0.3 is 0 Å². The number of methoxy groups -OCH3 is 1. The Balaban J connectivity index is 2.07. The first-order valence-corrected chi connectivity index (χ1v) is 8.96. The van der Waals surface area contributed by atoms with Crippen LogP contribution in [0, 0.1) is 0 Å². The molecule has 1 aromatic carbocycles. The molecule has 2 heterocycles. The Morgan fingerprint density at radius 1 is 1.33 bits per heavy atom. The maximum atomic E-state index is 12.8. The molecule has 142 valence electrons. The Morgan fingerprint density at radius 3 is 2.89 bits per heavy atom. The number of hydrogen-bond acceptors (Lipinski definition) is 5. The van der Waals surface area contributed by atoms with E-state index in [4.69, 9.17) is 21.2 Å². The molecule has 0 saturated heterocycles. The number of carbonyl (C=O) groups excluding carboxylic acids is 1. The van der Waals surface area contributed by atoms with Gasteiger partial charge < -0.3 is 4.74 Å². The monoisotopic (exact) mass is 388 g/mol. The summed E-state index contributed by atoms with van der Waals surface area (Å²) >= 11 is 6.07. The second-order valence-corrected chi connectivity index (χ2v) is 6.41. The summed E-state index contributed by atoms with van der Waals surface area (Å²) < 4.78 is 7.02. The van der Waals surface area contributed by atoms with E-state index in [0.717, 1.165) is 23.0 Å². The van der Waals surface area contributed by atoms with Crippen LogP contribution in [0.15, 0.2) is 36.7 Å². The smallest absolute Gasteiger partial charge is 0.280 e. The van der Waals surface area contributed by atoms with Crippen molar-refractivity contribution in [2.24, 2.45) is 0 Å². The Morgan fingerprint density at radius 2 is 2.15 bits per heavy atom. The van der Waals surface area contributed by atoms with Crippen LogP contribution in [0.3, 0.4) is 0 Å². The van der Waals surface area contributed by atoms with E-state index in [1.807, 2.05) is 19.1 Å². The molecule has 0 saturated carbocycles. The third kappa shape index (κ3) is 3.95. The van der Waals surface area contributed by atoms with Crippen LogP contribution in [-0.2, 0) is 16.2 Å². The molecular formula is C19H21ClN4O3. The highest BCUT2D eigenvalue weighted by molar-refractivity contribution is 6.31. The molecule has 0 aliphatic carbocycles. The summed E-state index contributed by atoms with van der Waals surface area (Å²) in [6, 6.07) is 7.31. The second kappa shape index (κ2) is 8.47. The minimum atomic E-state index is -0.275. The van der Waals surface area contributed by atoms with Gasteiger partial charge in [0.15, 0.2) is 0 Å². The maximum Gasteiger partial charge on any atom is 0.280 e. The second-order valence-electron chi connectivity index (χ2n) is 5.98. The molecule has 3 aromatic rings. The van der Waals surface area contributed by atoms with E-state index >= 15 is 0 Å². The third-order valence-corrected chi connectivity index (χ3v) is 4.30. The van der Waals surface area contributed by atoms with Gasteiger partial charge in [-0.3, -0.25) is 14.6 Å². The summed E-state index contributed by atoms with van der Waals surface area (Å²) in [6.45, 7) is 2.67. The standard InChI is InChI=1S/C19H21ClN4O3/c1-4-9-27-23(2)19(25)15-11-22-24(18(15)12-26-3)17-7-8-21-16-10-13(20)5-6-14(16)17/h5-8,10-11H,4,9,12H2,1-3H3. The molecule has 27 heavy (non-hydrogen) atoms. The molecule has 0 aliphatic heterocycles. The van der Waals surface area contributed by atoms with Gasteiger partial charge in [-0.15, -0.1) is 0 Å². The number of nitrogens with zero attached hydrogens (tertiary/aromatic N) is 4. The van der Waals surface area contributed by atoms with E-state index in [1.165, 1.54) is 11.3 Å². The molecule has 0 spiro atoms. The van der Waals surface area contributed by atoms with Gasteiger partial charge in [0.1, 0.15) is 0 Å². The van der Waals surface area contributed by atoms with E-state index in [1.54, 1.807) is 37.2 Å². The minimum Gasteiger partial charge on any atom is -0.378 e. The van der Waals surface area contributed by atoms with E-state index in [-0.39, 0.29) is 12.5 Å². The molecule has 3 rings (SSSR count). The topological polar surface area (TPSA) is 69.5 Å². The minimum absolute atomic E-state index is 0.222. The number of carbonyl (C=O) groups is 1. The van der Waals surface area contributed by atoms with Crippen LogP contribution < -0.4 is 0 Å². The molecule has 0 fully saturated rings. The summed E-state index contributed by atoms with van der Waals surface area (Å²) in [6.07, 6.45) is 4.03. The van der Waals surface area contributed by atoms with Crippen molar-refractivity contribution in [3.63, 3.8) is 0 Å². The predicted molar refractivity (Wildman–Crippen MR) is 103 cm³/mol. The largest absolute Gasteiger partial charge is 0.378 e. The summed E-state index contributed by atoms with van der Waals surface area (Å²) in [4.78, 5) is 22.5. The third-order valence-electron chi connectivity index (χ3n) is 4.07. The summed E-state index contributed by atoms with van der Waals surface area (Å²) in [5.41, 5.74) is 2.60. The summed E-state index contributed by atoms with van der Waals surface area (Å²) in [5, 5.41) is 7.14. The lowest BCUT2D eigenvalue weighted by molar-refractivity contribution is -0.105. The van der Waals surface area contributed by atoms with Gasteiger partial charge in [0.05, 0.1) is 41.9 Å². The number of halogens is 1. The first-order chi connectivity index (χ1) is 13.1. The molecule has 7 nitrogen and oxygen atoms in total. The van der Waals surface area contributed by atoms with Crippen LogP contribution in [-0.4, -0.2) is 46.5 Å². The van der Waals surface area contributed by atoms with Gasteiger partial charge in [-0.1, -0.05) is 18.5 Å². The molecule has 0 N–H and O–H groups in total. The first-order valence-electron chi connectivity index (χ1n) is 8.58. The number of hydrogen-bond donors (Lipinski definition) is 0. The molecule has 0 bridgehead atoms. The number of hydroxylamine groups is 2. The predicted octanol–water partition coefficient (Wildman–Crippen LogP) is 3.63. The number of rotatable bonds is 7. The molecule has 0 radical (unpaired) electrons. The Hall–Kier alpha value is -2.48. The van der Waals surface area contributed by atoms with Crippen LogP contribution >= 0.6 is 11.6 Å². The van der Waals surface area contributed by atoms with Crippen molar-refractivity contribution in [2.45, 2.75) is 20.0 Å². The Kier molecular flexibility index (Phi) is 6.05. The van der Waals surface area contributed by atoms with Crippen molar-refractivity contribution in [2.75, 3.05) is 20.8 Å². The number of aromatic nitrogens is 3. The zero-order valence-corrected chi connectivity index (χ0v) is 16.2. The SMILES string of the molecule is CCCON(C)C(=O)c1cnn(-c2ccnc3cc(Cl)ccc23)c1COC. The van der Waals surface area contributed by atoms with Gasteiger partial charge in [-0.05, 0) is 30.7 Å². The zero-order chi connectivity index (χ0) is 19.4. The lowest BCUT2D eigenvalue weighted by Gasteiger charge is -2.17. The highest BCUT2D eigenvalue weighted by atomic mass is 35.5. The zero-order valence-electron chi connectivity index (χ0n) is 15.5. The average Bonchev–Trinajstić information content (AvgIpc) is 3.08. The van der Waals surface area contributed by atoms with Crippen molar-refractivity contribution in [1.82, 2.24) is 19.8 Å². The van der Waals surface area contributed by atoms with Crippen molar-refractivity contribution < 1.29 is 14.4 Å². The lowest BCUT2D eigenvalue weighted by Crippen LogP contribution is -2.28. The van der Waals surface area contributed by atoms with E-state index < -0.39 is 0 Å². The van der Waals surface area contributed by atoms with Crippen molar-refractivity contribution in [3.05, 3.63) is 52.9 Å². The van der Waals surface area contributed by atoms with Crippen LogP contribution in [0.4, 0.5) is 0 Å². The van der Waals surface area contributed by atoms with E-state index in [9.17, 15) is 4.79 Å². The molecular weight excluding hydrogens is 368 g/mol. The highest BCUT2D eigenvalue weighted by Gasteiger charge is 2.22. The van der Waals surface area contributed by atoms with Gasteiger partial charge in [0.25, 0.3) is 5.91 Å². The molecule has 0 atom stereocenters. The number of amides is 1. The first kappa shape index (κ1) is 19.3. The lowest BCUT2D eigenvalue weighted by atomic mass is 10.1.